The summed E-state index contributed by atoms with van der Waals surface area (Å²) in [6, 6.07) is 8.78. The number of anilines is 1. The fourth-order valence-corrected chi connectivity index (χ4v) is 6.02. The average molecular weight is 513 g/mol. The van der Waals surface area contributed by atoms with Crippen molar-refractivity contribution in [2.45, 2.75) is 45.2 Å². The average Bonchev–Trinajstić information content (AvgIpc) is 3.56. The first-order valence-electron chi connectivity index (χ1n) is 12.5. The number of benzene rings is 1. The van der Waals surface area contributed by atoms with Crippen LogP contribution in [0.1, 0.15) is 43.5 Å². The van der Waals surface area contributed by atoms with E-state index in [1.54, 1.807) is 17.5 Å². The molecule has 1 unspecified atom stereocenters. The number of piperazine rings is 1. The number of halogens is 1. The lowest BCUT2D eigenvalue weighted by atomic mass is 10.0. The minimum atomic E-state index is -0.0113. The molecular formula is C26H33ClN6OS. The van der Waals surface area contributed by atoms with Crippen LogP contribution < -0.4 is 16.0 Å². The molecular weight excluding hydrogens is 480 g/mol. The third-order valence-electron chi connectivity index (χ3n) is 6.77. The van der Waals surface area contributed by atoms with Crippen LogP contribution in [-0.4, -0.2) is 65.6 Å². The summed E-state index contributed by atoms with van der Waals surface area (Å²) in [5.74, 6) is 1.21. The zero-order valence-corrected chi connectivity index (χ0v) is 21.9. The van der Waals surface area contributed by atoms with E-state index in [9.17, 15) is 4.79 Å². The number of nitrogens with zero attached hydrogens (tertiary/aromatic N) is 3. The Morgan fingerprint density at radius 2 is 2.20 bits per heavy atom. The van der Waals surface area contributed by atoms with E-state index in [4.69, 9.17) is 16.6 Å². The van der Waals surface area contributed by atoms with Gasteiger partial charge in [0.1, 0.15) is 5.69 Å². The van der Waals surface area contributed by atoms with Gasteiger partial charge in [0.15, 0.2) is 0 Å². The molecule has 5 rings (SSSR count). The van der Waals surface area contributed by atoms with E-state index in [-0.39, 0.29) is 5.91 Å². The Bertz CT molecular complexity index is 1190. The Kier molecular flexibility index (Phi) is 7.53. The van der Waals surface area contributed by atoms with Crippen LogP contribution in [0.25, 0.3) is 20.7 Å². The summed E-state index contributed by atoms with van der Waals surface area (Å²) in [6.07, 6.45) is 4.81. The third kappa shape index (κ3) is 5.77. The van der Waals surface area contributed by atoms with Crippen molar-refractivity contribution in [2.75, 3.05) is 38.0 Å². The zero-order chi connectivity index (χ0) is 24.4. The minimum Gasteiger partial charge on any atom is -0.354 e. The van der Waals surface area contributed by atoms with E-state index in [0.717, 1.165) is 66.9 Å². The molecule has 1 saturated carbocycles. The number of amides is 1. The second-order valence-corrected chi connectivity index (χ2v) is 11.3. The Morgan fingerprint density at radius 3 is 3.00 bits per heavy atom. The first-order chi connectivity index (χ1) is 17.0. The predicted molar refractivity (Wildman–Crippen MR) is 145 cm³/mol. The first kappa shape index (κ1) is 24.4. The molecule has 1 aromatic carbocycles. The maximum Gasteiger partial charge on any atom is 0.252 e. The van der Waals surface area contributed by atoms with Crippen LogP contribution >= 0.6 is 22.9 Å². The van der Waals surface area contributed by atoms with Crippen molar-refractivity contribution in [3.05, 3.63) is 41.0 Å². The van der Waals surface area contributed by atoms with E-state index < -0.39 is 0 Å². The maximum atomic E-state index is 12.7. The quantitative estimate of drug-likeness (QED) is 0.362. The second kappa shape index (κ2) is 10.8. The molecule has 1 saturated heterocycles. The Hall–Kier alpha value is -2.26. The van der Waals surface area contributed by atoms with Gasteiger partial charge in [-0.3, -0.25) is 9.69 Å². The van der Waals surface area contributed by atoms with E-state index in [1.807, 2.05) is 24.3 Å². The van der Waals surface area contributed by atoms with Gasteiger partial charge in [0.25, 0.3) is 5.91 Å². The van der Waals surface area contributed by atoms with Crippen molar-refractivity contribution >= 4 is 44.9 Å². The lowest BCUT2D eigenvalue weighted by Gasteiger charge is -2.38. The molecule has 0 spiro atoms. The van der Waals surface area contributed by atoms with Crippen LogP contribution in [0.4, 0.5) is 5.95 Å². The molecule has 186 valence electrons. The molecule has 0 radical (unpaired) electrons. The van der Waals surface area contributed by atoms with Crippen LogP contribution in [0.3, 0.4) is 0 Å². The Balaban J connectivity index is 1.26. The van der Waals surface area contributed by atoms with E-state index in [1.165, 1.54) is 0 Å². The highest BCUT2D eigenvalue weighted by molar-refractivity contribution is 7.22. The molecule has 3 heterocycles. The molecule has 9 heteroatoms. The lowest BCUT2D eigenvalue weighted by molar-refractivity contribution is 0.0953. The normalized spacial score (nSPS) is 18.8. The van der Waals surface area contributed by atoms with Gasteiger partial charge < -0.3 is 16.0 Å². The number of thiophene rings is 1. The van der Waals surface area contributed by atoms with Gasteiger partial charge in [-0.15, -0.1) is 11.3 Å². The van der Waals surface area contributed by atoms with Crippen LogP contribution in [0.5, 0.6) is 0 Å². The van der Waals surface area contributed by atoms with Crippen molar-refractivity contribution < 1.29 is 4.79 Å². The van der Waals surface area contributed by atoms with Crippen molar-refractivity contribution in [1.82, 2.24) is 25.5 Å². The highest BCUT2D eigenvalue weighted by Gasteiger charge is 2.25. The highest BCUT2D eigenvalue weighted by Crippen LogP contribution is 2.37. The SMILES string of the molecule is CC(C)C1CNCCN1CCCNc1ncc(Cl)c(-c2cc3c(C(=O)NC4CC4)cccc3s2)n1. The summed E-state index contributed by atoms with van der Waals surface area (Å²) >= 11 is 8.10. The molecule has 2 aliphatic rings. The van der Waals surface area contributed by atoms with Crippen LogP contribution in [-0.2, 0) is 0 Å². The monoisotopic (exact) mass is 512 g/mol. The van der Waals surface area contributed by atoms with Crippen LogP contribution in [0.2, 0.25) is 5.02 Å². The summed E-state index contributed by atoms with van der Waals surface area (Å²) in [4.78, 5) is 25.4. The maximum absolute atomic E-state index is 12.7. The zero-order valence-electron chi connectivity index (χ0n) is 20.3. The number of nitrogens with one attached hydrogen (secondary N) is 3. The third-order valence-corrected chi connectivity index (χ3v) is 8.15. The van der Waals surface area contributed by atoms with Crippen molar-refractivity contribution in [2.24, 2.45) is 5.92 Å². The topological polar surface area (TPSA) is 82.2 Å². The van der Waals surface area contributed by atoms with Crippen LogP contribution in [0, 0.1) is 5.92 Å². The van der Waals surface area contributed by atoms with Crippen LogP contribution in [0.15, 0.2) is 30.5 Å². The van der Waals surface area contributed by atoms with Gasteiger partial charge in [0.2, 0.25) is 5.95 Å². The van der Waals surface area contributed by atoms with Gasteiger partial charge in [-0.25, -0.2) is 9.97 Å². The van der Waals surface area contributed by atoms with E-state index in [0.29, 0.717) is 40.2 Å². The summed E-state index contributed by atoms with van der Waals surface area (Å²) in [5.41, 5.74) is 1.40. The van der Waals surface area contributed by atoms with Crippen molar-refractivity contribution in [1.29, 1.82) is 0 Å². The van der Waals surface area contributed by atoms with Gasteiger partial charge in [-0.2, -0.15) is 0 Å². The minimum absolute atomic E-state index is 0.0113. The summed E-state index contributed by atoms with van der Waals surface area (Å²) in [7, 11) is 0. The van der Waals surface area contributed by atoms with Crippen molar-refractivity contribution in [3.8, 4) is 10.6 Å². The second-order valence-electron chi connectivity index (χ2n) is 9.80. The number of carbonyl (C=O) groups excluding carboxylic acids is 1. The van der Waals surface area contributed by atoms with Gasteiger partial charge in [-0.05, 0) is 43.4 Å². The molecule has 2 aromatic heterocycles. The fourth-order valence-electron chi connectivity index (χ4n) is 4.68. The van der Waals surface area contributed by atoms with Crippen molar-refractivity contribution in [3.63, 3.8) is 0 Å². The predicted octanol–water partition coefficient (Wildman–Crippen LogP) is 4.64. The summed E-state index contributed by atoms with van der Waals surface area (Å²) < 4.78 is 1.04. The van der Waals surface area contributed by atoms with Gasteiger partial charge in [-0.1, -0.05) is 31.5 Å². The number of aromatic nitrogens is 2. The highest BCUT2D eigenvalue weighted by atomic mass is 35.5. The van der Waals surface area contributed by atoms with E-state index >= 15 is 0 Å². The number of hydrogen-bond acceptors (Lipinski definition) is 7. The molecule has 3 aromatic rings. The molecule has 2 fully saturated rings. The van der Waals surface area contributed by atoms with E-state index in [2.05, 4.69) is 39.7 Å². The number of fused-ring (bicyclic) bond motifs is 1. The molecule has 3 N–H and O–H groups in total. The molecule has 1 aliphatic heterocycles. The summed E-state index contributed by atoms with van der Waals surface area (Å²) in [5, 5.41) is 11.4. The fraction of sp³-hybridized carbons (Fsp3) is 0.500. The smallest absolute Gasteiger partial charge is 0.252 e. The Labute approximate surface area is 215 Å². The molecule has 0 bridgehead atoms. The number of rotatable bonds is 9. The molecule has 1 amide bonds. The molecule has 1 aliphatic carbocycles. The first-order valence-corrected chi connectivity index (χ1v) is 13.7. The molecule has 35 heavy (non-hydrogen) atoms. The Morgan fingerprint density at radius 1 is 1.34 bits per heavy atom. The summed E-state index contributed by atoms with van der Waals surface area (Å²) in [6.45, 7) is 9.66. The van der Waals surface area contributed by atoms with Gasteiger partial charge >= 0.3 is 0 Å². The lowest BCUT2D eigenvalue weighted by Crippen LogP contribution is -2.53. The standard InChI is InChI=1S/C26H33ClN6OS/c1-16(2)21-15-28-10-12-33(21)11-4-9-29-26-30-14-20(27)24(32-26)23-13-19-18(5-3-6-22(19)35-23)25(34)31-17-7-8-17/h3,5-6,13-14,16-17,21,28H,4,7-12,15H2,1-2H3,(H,31,34)(H,29,30,32). The molecule has 7 nitrogen and oxygen atoms in total. The van der Waals surface area contributed by atoms with Gasteiger partial charge in [0, 0.05) is 60.5 Å². The van der Waals surface area contributed by atoms with Gasteiger partial charge in [0.05, 0.1) is 16.1 Å². The molecule has 1 atom stereocenters. The largest absolute Gasteiger partial charge is 0.354 e. The number of hydrogen-bond donors (Lipinski definition) is 3. The number of carbonyl (C=O) groups is 1.